The third-order valence-corrected chi connectivity index (χ3v) is 2.75. The molecule has 0 aliphatic carbocycles. The smallest absolute Gasteiger partial charge is 0.305 e. The highest BCUT2D eigenvalue weighted by Gasteiger charge is 2.31. The summed E-state index contributed by atoms with van der Waals surface area (Å²) in [5.41, 5.74) is -0.161. The second-order valence-corrected chi connectivity index (χ2v) is 3.40. The first kappa shape index (κ1) is 11.4. The Kier molecular flexibility index (Phi) is 4.24. The van der Waals surface area contributed by atoms with Crippen LogP contribution in [0, 0.1) is 0 Å². The van der Waals surface area contributed by atoms with Crippen LogP contribution in [0.3, 0.4) is 0 Å². The Bertz CT molecular complexity index is 151. The molecule has 1 N–H and O–H groups in total. The molecule has 0 aromatic heterocycles. The molecule has 0 aliphatic heterocycles. The van der Waals surface area contributed by atoms with Crippen molar-refractivity contribution in [1.82, 2.24) is 4.90 Å². The molecule has 0 atom stereocenters. The number of carbonyl (C=O) groups is 1. The molecule has 0 unspecified atom stereocenters. The molecule has 0 bridgehead atoms. The van der Waals surface area contributed by atoms with Gasteiger partial charge in [-0.05, 0) is 26.9 Å². The predicted octanol–water partition coefficient (Wildman–Crippen LogP) is 1.58. The normalized spacial score (nSPS) is 12.1. The van der Waals surface area contributed by atoms with Crippen molar-refractivity contribution >= 4 is 5.97 Å². The molecule has 0 saturated carbocycles. The van der Waals surface area contributed by atoms with E-state index in [2.05, 4.69) is 0 Å². The highest BCUT2D eigenvalue weighted by molar-refractivity contribution is 5.68. The SMILES string of the molecule is CCC(CC)(CC(=O)O)N(C)C. The molecule has 0 saturated heterocycles. The number of rotatable bonds is 5. The van der Waals surface area contributed by atoms with Crippen molar-refractivity contribution < 1.29 is 9.90 Å². The fourth-order valence-electron chi connectivity index (χ4n) is 1.57. The fourth-order valence-corrected chi connectivity index (χ4v) is 1.57. The van der Waals surface area contributed by atoms with Crippen LogP contribution in [0.1, 0.15) is 33.1 Å². The monoisotopic (exact) mass is 173 g/mol. The van der Waals surface area contributed by atoms with Gasteiger partial charge in [0, 0.05) is 5.54 Å². The second-order valence-electron chi connectivity index (χ2n) is 3.40. The number of hydrogen-bond donors (Lipinski definition) is 1. The molecule has 12 heavy (non-hydrogen) atoms. The van der Waals surface area contributed by atoms with E-state index in [0.717, 1.165) is 12.8 Å². The lowest BCUT2D eigenvalue weighted by Gasteiger charge is -2.37. The molecule has 3 heteroatoms. The highest BCUT2D eigenvalue weighted by Crippen LogP contribution is 2.25. The fraction of sp³-hybridized carbons (Fsp3) is 0.889. The average molecular weight is 173 g/mol. The van der Waals surface area contributed by atoms with Gasteiger partial charge in [0.05, 0.1) is 6.42 Å². The van der Waals surface area contributed by atoms with Crippen molar-refractivity contribution in [1.29, 1.82) is 0 Å². The van der Waals surface area contributed by atoms with Gasteiger partial charge < -0.3 is 10.0 Å². The van der Waals surface area contributed by atoms with E-state index in [1.807, 2.05) is 32.8 Å². The Morgan fingerprint density at radius 2 is 1.75 bits per heavy atom. The highest BCUT2D eigenvalue weighted by atomic mass is 16.4. The maximum absolute atomic E-state index is 10.6. The van der Waals surface area contributed by atoms with Gasteiger partial charge >= 0.3 is 5.97 Å². The van der Waals surface area contributed by atoms with E-state index in [9.17, 15) is 4.79 Å². The molecule has 0 aliphatic rings. The van der Waals surface area contributed by atoms with Crippen LogP contribution in [0.4, 0.5) is 0 Å². The zero-order chi connectivity index (χ0) is 9.78. The Morgan fingerprint density at radius 1 is 1.33 bits per heavy atom. The Morgan fingerprint density at radius 3 is 1.83 bits per heavy atom. The van der Waals surface area contributed by atoms with E-state index in [0.29, 0.717) is 0 Å². The van der Waals surface area contributed by atoms with Crippen LogP contribution in [-0.4, -0.2) is 35.6 Å². The first-order chi connectivity index (χ1) is 5.48. The minimum atomic E-state index is -0.715. The van der Waals surface area contributed by atoms with Crippen LogP contribution in [-0.2, 0) is 4.79 Å². The summed E-state index contributed by atoms with van der Waals surface area (Å²) < 4.78 is 0. The number of aliphatic carboxylic acids is 1. The lowest BCUT2D eigenvalue weighted by Crippen LogP contribution is -2.44. The van der Waals surface area contributed by atoms with Crippen LogP contribution >= 0.6 is 0 Å². The summed E-state index contributed by atoms with van der Waals surface area (Å²) >= 11 is 0. The van der Waals surface area contributed by atoms with Gasteiger partial charge in [-0.15, -0.1) is 0 Å². The van der Waals surface area contributed by atoms with Gasteiger partial charge in [0.15, 0.2) is 0 Å². The summed E-state index contributed by atoms with van der Waals surface area (Å²) in [5, 5.41) is 8.73. The number of carboxylic acids is 1. The number of carboxylic acid groups (broad SMARTS) is 1. The summed E-state index contributed by atoms with van der Waals surface area (Å²) in [4.78, 5) is 12.6. The third-order valence-electron chi connectivity index (χ3n) is 2.75. The molecule has 0 aromatic carbocycles. The summed E-state index contributed by atoms with van der Waals surface area (Å²) in [6.45, 7) is 4.07. The molecule has 0 amide bonds. The Hall–Kier alpha value is -0.570. The molecular formula is C9H19NO2. The van der Waals surface area contributed by atoms with Crippen molar-refractivity contribution in [3.63, 3.8) is 0 Å². The van der Waals surface area contributed by atoms with Crippen molar-refractivity contribution in [3.8, 4) is 0 Å². The van der Waals surface area contributed by atoms with Crippen LogP contribution < -0.4 is 0 Å². The van der Waals surface area contributed by atoms with E-state index in [-0.39, 0.29) is 12.0 Å². The van der Waals surface area contributed by atoms with Crippen molar-refractivity contribution in [2.24, 2.45) is 0 Å². The lowest BCUT2D eigenvalue weighted by molar-refractivity contribution is -0.140. The molecule has 0 spiro atoms. The van der Waals surface area contributed by atoms with E-state index in [1.165, 1.54) is 0 Å². The lowest BCUT2D eigenvalue weighted by atomic mass is 9.88. The van der Waals surface area contributed by atoms with Gasteiger partial charge in [-0.2, -0.15) is 0 Å². The number of hydrogen-bond acceptors (Lipinski definition) is 2. The second kappa shape index (κ2) is 4.45. The maximum atomic E-state index is 10.6. The summed E-state index contributed by atoms with van der Waals surface area (Å²) in [7, 11) is 3.88. The maximum Gasteiger partial charge on any atom is 0.305 e. The molecule has 0 fully saturated rings. The zero-order valence-electron chi connectivity index (χ0n) is 8.42. The topological polar surface area (TPSA) is 40.5 Å². The molecule has 3 nitrogen and oxygen atoms in total. The Labute approximate surface area is 74.4 Å². The quantitative estimate of drug-likeness (QED) is 0.686. The standard InChI is InChI=1S/C9H19NO2/c1-5-9(6-2,10(3)4)7-8(11)12/h5-7H2,1-4H3,(H,11,12). The molecule has 0 heterocycles. The van der Waals surface area contributed by atoms with Gasteiger partial charge in [-0.25, -0.2) is 0 Å². The van der Waals surface area contributed by atoms with Crippen LogP contribution in [0.5, 0.6) is 0 Å². The van der Waals surface area contributed by atoms with E-state index < -0.39 is 5.97 Å². The van der Waals surface area contributed by atoms with Gasteiger partial charge in [0.1, 0.15) is 0 Å². The minimum Gasteiger partial charge on any atom is -0.481 e. The third kappa shape index (κ3) is 2.48. The molecule has 0 aromatic rings. The predicted molar refractivity (Wildman–Crippen MR) is 49.3 cm³/mol. The van der Waals surface area contributed by atoms with Crippen molar-refractivity contribution in [2.45, 2.75) is 38.6 Å². The van der Waals surface area contributed by atoms with Gasteiger partial charge in [0.25, 0.3) is 0 Å². The van der Waals surface area contributed by atoms with Crippen LogP contribution in [0.25, 0.3) is 0 Å². The van der Waals surface area contributed by atoms with E-state index in [1.54, 1.807) is 0 Å². The minimum absolute atomic E-state index is 0.161. The average Bonchev–Trinajstić information content (AvgIpc) is 1.99. The summed E-state index contributed by atoms with van der Waals surface area (Å²) in [5.74, 6) is -0.715. The van der Waals surface area contributed by atoms with Gasteiger partial charge in [-0.3, -0.25) is 4.79 Å². The van der Waals surface area contributed by atoms with Crippen molar-refractivity contribution in [3.05, 3.63) is 0 Å². The molecule has 0 rings (SSSR count). The van der Waals surface area contributed by atoms with Gasteiger partial charge in [0.2, 0.25) is 0 Å². The van der Waals surface area contributed by atoms with E-state index >= 15 is 0 Å². The summed E-state index contributed by atoms with van der Waals surface area (Å²) in [6.07, 6.45) is 1.98. The molecule has 0 radical (unpaired) electrons. The summed E-state index contributed by atoms with van der Waals surface area (Å²) in [6, 6.07) is 0. The zero-order valence-corrected chi connectivity index (χ0v) is 8.42. The van der Waals surface area contributed by atoms with Gasteiger partial charge in [-0.1, -0.05) is 13.8 Å². The van der Waals surface area contributed by atoms with Crippen LogP contribution in [0.2, 0.25) is 0 Å². The molecule has 72 valence electrons. The first-order valence-corrected chi connectivity index (χ1v) is 4.37. The number of nitrogens with zero attached hydrogens (tertiary/aromatic N) is 1. The molecular weight excluding hydrogens is 154 g/mol. The Balaban J connectivity index is 4.46. The van der Waals surface area contributed by atoms with Crippen molar-refractivity contribution in [2.75, 3.05) is 14.1 Å². The first-order valence-electron chi connectivity index (χ1n) is 4.37. The largest absolute Gasteiger partial charge is 0.481 e. The van der Waals surface area contributed by atoms with E-state index in [4.69, 9.17) is 5.11 Å². The van der Waals surface area contributed by atoms with Crippen LogP contribution in [0.15, 0.2) is 0 Å².